The average Bonchev–Trinajstić information content (AvgIpc) is 3.51. The number of H-pyrrole nitrogens is 1. The third-order valence-corrected chi connectivity index (χ3v) is 5.00. The van der Waals surface area contributed by atoms with Gasteiger partial charge in [-0.05, 0) is 36.0 Å². The lowest BCUT2D eigenvalue weighted by Gasteiger charge is -2.23. The van der Waals surface area contributed by atoms with Crippen molar-refractivity contribution in [1.82, 2.24) is 9.97 Å². The first-order valence-electron chi connectivity index (χ1n) is 9.62. The van der Waals surface area contributed by atoms with Crippen LogP contribution in [0.2, 0.25) is 0 Å². The minimum Gasteiger partial charge on any atom is -0.390 e. The van der Waals surface area contributed by atoms with E-state index in [9.17, 15) is 27.5 Å². The number of halogens is 4. The van der Waals surface area contributed by atoms with Crippen LogP contribution in [0.25, 0.3) is 0 Å². The van der Waals surface area contributed by atoms with E-state index in [0.29, 0.717) is 5.56 Å². The van der Waals surface area contributed by atoms with Gasteiger partial charge >= 0.3 is 6.18 Å². The molecule has 1 heterocycles. The molecule has 0 saturated heterocycles. The number of hydrogen-bond acceptors (Lipinski definition) is 6. The number of nitrogens with zero attached hydrogens (tertiary/aromatic N) is 2. The molecule has 1 aromatic carbocycles. The zero-order valence-corrected chi connectivity index (χ0v) is 17.0. The van der Waals surface area contributed by atoms with Gasteiger partial charge in [0, 0.05) is 14.1 Å². The Morgan fingerprint density at radius 3 is 2.58 bits per heavy atom. The first kappa shape index (κ1) is 22.7. The summed E-state index contributed by atoms with van der Waals surface area (Å²) in [6, 6.07) is 3.08. The van der Waals surface area contributed by atoms with Gasteiger partial charge in [0.05, 0.1) is 24.8 Å². The maximum absolute atomic E-state index is 14.4. The number of benzene rings is 1. The Kier molecular flexibility index (Phi) is 6.35. The van der Waals surface area contributed by atoms with Crippen molar-refractivity contribution in [3.63, 3.8) is 0 Å². The van der Waals surface area contributed by atoms with Crippen LogP contribution < -0.4 is 15.8 Å². The normalized spacial score (nSPS) is 14.9. The number of aliphatic hydroxyl groups is 1. The highest BCUT2D eigenvalue weighted by atomic mass is 19.4. The molecule has 31 heavy (non-hydrogen) atoms. The van der Waals surface area contributed by atoms with Gasteiger partial charge < -0.3 is 20.7 Å². The van der Waals surface area contributed by atoms with E-state index in [0.717, 1.165) is 25.0 Å². The molecule has 168 valence electrons. The zero-order valence-electron chi connectivity index (χ0n) is 17.0. The molecule has 0 bridgehead atoms. The third-order valence-electron chi connectivity index (χ3n) is 5.00. The highest BCUT2D eigenvalue weighted by Gasteiger charge is 2.35. The van der Waals surface area contributed by atoms with Crippen molar-refractivity contribution in [2.75, 3.05) is 30.9 Å². The quantitative estimate of drug-likeness (QED) is 0.372. The number of aromatic amines is 1. The summed E-state index contributed by atoms with van der Waals surface area (Å²) in [5.41, 5.74) is -1.14. The van der Waals surface area contributed by atoms with Gasteiger partial charge in [-0.3, -0.25) is 9.78 Å². The highest BCUT2D eigenvalue weighted by molar-refractivity contribution is 6.02. The van der Waals surface area contributed by atoms with Crippen LogP contribution in [-0.2, 0) is 6.42 Å². The largest absolute Gasteiger partial charge is 0.393 e. The second-order valence-corrected chi connectivity index (χ2v) is 7.75. The molecular weight excluding hydrogens is 418 g/mol. The number of hydrogen-bond donors (Lipinski definition) is 4. The van der Waals surface area contributed by atoms with E-state index < -0.39 is 42.2 Å². The lowest BCUT2D eigenvalue weighted by Crippen LogP contribution is -2.28. The summed E-state index contributed by atoms with van der Waals surface area (Å²) >= 11 is 0. The molecule has 0 spiro atoms. The smallest absolute Gasteiger partial charge is 0.390 e. The molecule has 1 aromatic heterocycles. The number of rotatable bonds is 8. The first-order chi connectivity index (χ1) is 14.5. The van der Waals surface area contributed by atoms with E-state index in [1.54, 1.807) is 19.0 Å². The Hall–Kier alpha value is -2.95. The molecular formula is C20H23F4N5O2. The third kappa shape index (κ3) is 5.40. The summed E-state index contributed by atoms with van der Waals surface area (Å²) < 4.78 is 52.3. The summed E-state index contributed by atoms with van der Waals surface area (Å²) in [6.07, 6.45) is -4.27. The van der Waals surface area contributed by atoms with Crippen LogP contribution in [0.5, 0.6) is 0 Å². The summed E-state index contributed by atoms with van der Waals surface area (Å²) in [7, 11) is 3.32. The van der Waals surface area contributed by atoms with E-state index in [4.69, 9.17) is 5.41 Å². The van der Waals surface area contributed by atoms with Crippen molar-refractivity contribution in [3.05, 3.63) is 51.1 Å². The van der Waals surface area contributed by atoms with Gasteiger partial charge in [0.15, 0.2) is 0 Å². The van der Waals surface area contributed by atoms with Gasteiger partial charge in [-0.1, -0.05) is 12.1 Å². The second-order valence-electron chi connectivity index (χ2n) is 7.75. The van der Waals surface area contributed by atoms with E-state index in [-0.39, 0.29) is 29.0 Å². The maximum atomic E-state index is 14.4. The van der Waals surface area contributed by atoms with E-state index in [1.807, 2.05) is 0 Å². The van der Waals surface area contributed by atoms with Crippen LogP contribution in [0.1, 0.15) is 35.6 Å². The van der Waals surface area contributed by atoms with Crippen molar-refractivity contribution in [2.45, 2.75) is 31.5 Å². The summed E-state index contributed by atoms with van der Waals surface area (Å²) in [4.78, 5) is 20.9. The van der Waals surface area contributed by atoms with Crippen LogP contribution in [0.4, 0.5) is 29.3 Å². The number of anilines is 2. The van der Waals surface area contributed by atoms with Crippen molar-refractivity contribution in [3.8, 4) is 0 Å². The van der Waals surface area contributed by atoms with Gasteiger partial charge in [-0.2, -0.15) is 18.2 Å². The monoisotopic (exact) mass is 441 g/mol. The van der Waals surface area contributed by atoms with Crippen LogP contribution in [0.15, 0.2) is 23.0 Å². The van der Waals surface area contributed by atoms with Crippen molar-refractivity contribution >= 4 is 17.5 Å². The number of nitrogens with one attached hydrogen (secondary N) is 3. The van der Waals surface area contributed by atoms with E-state index in [1.165, 1.54) is 6.07 Å². The molecule has 2 aromatic rings. The Morgan fingerprint density at radius 2 is 2.06 bits per heavy atom. The topological polar surface area (TPSA) is 105 Å². The second kappa shape index (κ2) is 8.66. The molecule has 1 saturated carbocycles. The maximum Gasteiger partial charge on any atom is 0.393 e. The van der Waals surface area contributed by atoms with Crippen molar-refractivity contribution < 1.29 is 22.7 Å². The van der Waals surface area contributed by atoms with Crippen LogP contribution >= 0.6 is 0 Å². The minimum atomic E-state index is -4.52. The minimum absolute atomic E-state index is 0.0446. The Labute approximate surface area is 175 Å². The van der Waals surface area contributed by atoms with Gasteiger partial charge in [0.25, 0.3) is 5.56 Å². The van der Waals surface area contributed by atoms with Crippen LogP contribution in [0, 0.1) is 17.1 Å². The molecule has 11 heteroatoms. The lowest BCUT2D eigenvalue weighted by molar-refractivity contribution is -0.127. The molecule has 0 aliphatic heterocycles. The van der Waals surface area contributed by atoms with Crippen molar-refractivity contribution in [2.24, 2.45) is 5.92 Å². The van der Waals surface area contributed by atoms with Gasteiger partial charge in [0.1, 0.15) is 17.2 Å². The van der Waals surface area contributed by atoms with Crippen molar-refractivity contribution in [1.29, 1.82) is 5.41 Å². The van der Waals surface area contributed by atoms with Gasteiger partial charge in [-0.15, -0.1) is 0 Å². The van der Waals surface area contributed by atoms with Gasteiger partial charge in [-0.25, -0.2) is 4.39 Å². The fraction of sp³-hybridized carbons (Fsp3) is 0.450. The molecule has 0 radical (unpaired) electrons. The molecule has 0 amide bonds. The summed E-state index contributed by atoms with van der Waals surface area (Å²) in [6.45, 7) is -0.685. The van der Waals surface area contributed by atoms with Gasteiger partial charge in [0.2, 0.25) is 5.95 Å². The number of aliphatic hydroxyl groups excluding tert-OH is 1. The Morgan fingerprint density at radius 1 is 1.39 bits per heavy atom. The molecule has 1 unspecified atom stereocenters. The summed E-state index contributed by atoms with van der Waals surface area (Å²) in [5, 5.41) is 20.4. The highest BCUT2D eigenvalue weighted by Crippen LogP contribution is 2.43. The predicted molar refractivity (Wildman–Crippen MR) is 108 cm³/mol. The molecule has 1 fully saturated rings. The standard InChI is InChI=1S/C20H23F4N5O2/c1-29(2)19-27-17(15(14(25)9-30)18(31)28-19)26-16(10-3-4-10)11-5-6-12(13(21)7-11)8-20(22,23)24/h5-7,10,16,25,30H,3-4,8-9H2,1-2H3,(H2,26,27,28,31). The van der Waals surface area contributed by atoms with E-state index >= 15 is 0 Å². The fourth-order valence-electron chi connectivity index (χ4n) is 3.30. The Balaban J connectivity index is 2.00. The predicted octanol–water partition coefficient (Wildman–Crippen LogP) is 3.00. The molecule has 4 N–H and O–H groups in total. The zero-order chi connectivity index (χ0) is 22.9. The van der Waals surface area contributed by atoms with Crippen LogP contribution in [0.3, 0.4) is 0 Å². The number of alkyl halides is 3. The molecule has 1 aliphatic carbocycles. The SMILES string of the molecule is CN(C)c1nc(NC(c2ccc(CC(F)(F)F)c(F)c2)C2CC2)c(C(=N)CO)c(=O)[nH]1. The molecule has 7 nitrogen and oxygen atoms in total. The molecule has 3 rings (SSSR count). The van der Waals surface area contributed by atoms with E-state index in [2.05, 4.69) is 15.3 Å². The number of aromatic nitrogens is 2. The fourth-order valence-corrected chi connectivity index (χ4v) is 3.30. The average molecular weight is 441 g/mol. The summed E-state index contributed by atoms with van der Waals surface area (Å²) in [5.74, 6) is -0.641. The Bertz CT molecular complexity index is 1030. The molecule has 1 atom stereocenters. The van der Waals surface area contributed by atoms with Crippen LogP contribution in [-0.4, -0.2) is 47.7 Å². The lowest BCUT2D eigenvalue weighted by atomic mass is 9.99. The molecule has 1 aliphatic rings. The first-order valence-corrected chi connectivity index (χ1v) is 9.62.